The van der Waals surface area contributed by atoms with Crippen LogP contribution in [0.2, 0.25) is 0 Å². The number of rotatable bonds is 7. The molecule has 2 aliphatic heterocycles. The van der Waals surface area contributed by atoms with Gasteiger partial charge in [-0.3, -0.25) is 24.2 Å². The Balaban J connectivity index is 1.13. The van der Waals surface area contributed by atoms with Crippen molar-refractivity contribution in [3.8, 4) is 0 Å². The summed E-state index contributed by atoms with van der Waals surface area (Å²) in [6.07, 6.45) is 1.49. The van der Waals surface area contributed by atoms with Crippen molar-refractivity contribution in [3.05, 3.63) is 65.7 Å². The third-order valence-corrected chi connectivity index (χ3v) is 6.59. The van der Waals surface area contributed by atoms with Crippen LogP contribution in [-0.2, 0) is 9.59 Å². The number of carbonyl (C=O) groups excluding carboxylic acids is 3. The average Bonchev–Trinajstić information content (AvgIpc) is 2.86. The predicted molar refractivity (Wildman–Crippen MR) is 131 cm³/mol. The first kappa shape index (κ1) is 25.7. The molecule has 192 valence electrons. The molecule has 2 N–H and O–H groups in total. The lowest BCUT2D eigenvalue weighted by Gasteiger charge is -2.37. The van der Waals surface area contributed by atoms with E-state index in [9.17, 15) is 23.2 Å². The number of hydrogen-bond acceptors (Lipinski definition) is 5. The third-order valence-electron chi connectivity index (χ3n) is 6.59. The molecular formula is C26H31F2N5O3. The standard InChI is InChI=1S/C26H31F2N5O3/c27-20-6-4-19(5-7-20)26(36)30-22-8-10-31(11-9-22)18-25(35)33-14-12-32(13-15-33)17-24(34)29-23-3-1-2-21(28)16-23/h1-7,16,22H,8-15,17-18H2,(H,29,34)(H,30,36). The van der Waals surface area contributed by atoms with E-state index in [0.29, 0.717) is 57.1 Å². The van der Waals surface area contributed by atoms with Crippen molar-refractivity contribution in [3.63, 3.8) is 0 Å². The van der Waals surface area contributed by atoms with Crippen LogP contribution in [0.15, 0.2) is 48.5 Å². The Morgan fingerprint density at radius 1 is 0.806 bits per heavy atom. The molecule has 0 unspecified atom stereocenters. The summed E-state index contributed by atoms with van der Waals surface area (Å²) >= 11 is 0. The Morgan fingerprint density at radius 3 is 2.14 bits per heavy atom. The number of piperazine rings is 1. The lowest BCUT2D eigenvalue weighted by atomic mass is 10.0. The van der Waals surface area contributed by atoms with E-state index >= 15 is 0 Å². The van der Waals surface area contributed by atoms with E-state index < -0.39 is 5.82 Å². The average molecular weight is 500 g/mol. The molecule has 4 rings (SSSR count). The first-order valence-electron chi connectivity index (χ1n) is 12.2. The molecule has 2 saturated heterocycles. The van der Waals surface area contributed by atoms with Crippen molar-refractivity contribution >= 4 is 23.4 Å². The summed E-state index contributed by atoms with van der Waals surface area (Å²) in [5, 5.41) is 5.69. The van der Waals surface area contributed by atoms with Crippen LogP contribution in [0.4, 0.5) is 14.5 Å². The topological polar surface area (TPSA) is 85.0 Å². The number of halogens is 2. The van der Waals surface area contributed by atoms with Crippen molar-refractivity contribution in [2.45, 2.75) is 18.9 Å². The Labute approximate surface area is 209 Å². The molecule has 8 nitrogen and oxygen atoms in total. The molecule has 0 aromatic heterocycles. The zero-order chi connectivity index (χ0) is 25.5. The molecule has 2 aromatic rings. The van der Waals surface area contributed by atoms with Crippen molar-refractivity contribution in [2.24, 2.45) is 0 Å². The molecule has 3 amide bonds. The Kier molecular flexibility index (Phi) is 8.61. The highest BCUT2D eigenvalue weighted by Gasteiger charge is 2.26. The number of carbonyl (C=O) groups is 3. The molecule has 2 aromatic carbocycles. The van der Waals surface area contributed by atoms with Gasteiger partial charge in [0, 0.05) is 56.6 Å². The van der Waals surface area contributed by atoms with Crippen molar-refractivity contribution < 1.29 is 23.2 Å². The fraction of sp³-hybridized carbons (Fsp3) is 0.423. The largest absolute Gasteiger partial charge is 0.349 e. The molecule has 10 heteroatoms. The van der Waals surface area contributed by atoms with E-state index in [1.165, 1.54) is 36.4 Å². The van der Waals surface area contributed by atoms with E-state index in [2.05, 4.69) is 15.5 Å². The number of nitrogens with zero attached hydrogens (tertiary/aromatic N) is 3. The maximum Gasteiger partial charge on any atom is 0.251 e. The van der Waals surface area contributed by atoms with Gasteiger partial charge in [-0.25, -0.2) is 8.78 Å². The van der Waals surface area contributed by atoms with Gasteiger partial charge in [-0.2, -0.15) is 0 Å². The van der Waals surface area contributed by atoms with Crippen LogP contribution in [0.25, 0.3) is 0 Å². The van der Waals surface area contributed by atoms with Crippen molar-refractivity contribution in [2.75, 3.05) is 57.7 Å². The second kappa shape index (κ2) is 12.0. The zero-order valence-electron chi connectivity index (χ0n) is 20.1. The van der Waals surface area contributed by atoms with Crippen LogP contribution in [0.5, 0.6) is 0 Å². The summed E-state index contributed by atoms with van der Waals surface area (Å²) in [5.74, 6) is -1.15. The normalized spacial score (nSPS) is 17.6. The van der Waals surface area contributed by atoms with E-state index in [1.807, 2.05) is 9.80 Å². The maximum atomic E-state index is 13.3. The molecular weight excluding hydrogens is 468 g/mol. The maximum absolute atomic E-state index is 13.3. The number of anilines is 1. The fourth-order valence-corrected chi connectivity index (χ4v) is 4.52. The number of benzene rings is 2. The smallest absolute Gasteiger partial charge is 0.251 e. The minimum atomic E-state index is -0.404. The van der Waals surface area contributed by atoms with Gasteiger partial charge in [0.15, 0.2) is 0 Å². The molecule has 0 aliphatic carbocycles. The van der Waals surface area contributed by atoms with Crippen LogP contribution in [-0.4, -0.2) is 90.8 Å². The molecule has 36 heavy (non-hydrogen) atoms. The van der Waals surface area contributed by atoms with Crippen LogP contribution in [0, 0.1) is 11.6 Å². The highest BCUT2D eigenvalue weighted by atomic mass is 19.1. The van der Waals surface area contributed by atoms with Gasteiger partial charge in [0.25, 0.3) is 5.91 Å². The number of piperidine rings is 1. The zero-order valence-corrected chi connectivity index (χ0v) is 20.1. The highest BCUT2D eigenvalue weighted by Crippen LogP contribution is 2.13. The van der Waals surface area contributed by atoms with E-state index in [1.54, 1.807) is 12.1 Å². The molecule has 2 aliphatic rings. The molecule has 2 fully saturated rings. The molecule has 0 bridgehead atoms. The summed E-state index contributed by atoms with van der Waals surface area (Å²) in [6.45, 7) is 4.24. The van der Waals surface area contributed by atoms with Crippen LogP contribution in [0.1, 0.15) is 23.2 Å². The van der Waals surface area contributed by atoms with Crippen LogP contribution in [0.3, 0.4) is 0 Å². The monoisotopic (exact) mass is 499 g/mol. The molecule has 0 radical (unpaired) electrons. The quantitative estimate of drug-likeness (QED) is 0.609. The number of hydrogen-bond donors (Lipinski definition) is 2. The highest BCUT2D eigenvalue weighted by molar-refractivity contribution is 5.94. The Hall–Kier alpha value is -3.37. The lowest BCUT2D eigenvalue weighted by molar-refractivity contribution is -0.134. The van der Waals surface area contributed by atoms with Gasteiger partial charge in [0.05, 0.1) is 13.1 Å². The van der Waals surface area contributed by atoms with Gasteiger partial charge in [0.2, 0.25) is 11.8 Å². The summed E-state index contributed by atoms with van der Waals surface area (Å²) in [7, 11) is 0. The first-order chi connectivity index (χ1) is 17.4. The van der Waals surface area contributed by atoms with Gasteiger partial charge in [-0.15, -0.1) is 0 Å². The molecule has 2 heterocycles. The van der Waals surface area contributed by atoms with E-state index in [4.69, 9.17) is 0 Å². The van der Waals surface area contributed by atoms with Crippen LogP contribution >= 0.6 is 0 Å². The van der Waals surface area contributed by atoms with E-state index in [-0.39, 0.29) is 36.1 Å². The van der Waals surface area contributed by atoms with Crippen LogP contribution < -0.4 is 10.6 Å². The van der Waals surface area contributed by atoms with Gasteiger partial charge in [-0.1, -0.05) is 6.07 Å². The predicted octanol–water partition coefficient (Wildman–Crippen LogP) is 1.94. The molecule has 0 spiro atoms. The minimum Gasteiger partial charge on any atom is -0.349 e. The van der Waals surface area contributed by atoms with Crippen molar-refractivity contribution in [1.82, 2.24) is 20.0 Å². The SMILES string of the molecule is O=C(CN1CCN(C(=O)CN2CCC(NC(=O)c3ccc(F)cc3)CC2)CC1)Nc1cccc(F)c1. The third kappa shape index (κ3) is 7.32. The minimum absolute atomic E-state index is 0.0241. The van der Waals surface area contributed by atoms with E-state index in [0.717, 1.165) is 12.8 Å². The number of likely N-dealkylation sites (tertiary alicyclic amines) is 1. The fourth-order valence-electron chi connectivity index (χ4n) is 4.52. The number of nitrogens with one attached hydrogen (secondary N) is 2. The summed E-state index contributed by atoms with van der Waals surface area (Å²) < 4.78 is 26.3. The Bertz CT molecular complexity index is 1070. The second-order valence-corrected chi connectivity index (χ2v) is 9.25. The van der Waals surface area contributed by atoms with Gasteiger partial charge in [-0.05, 0) is 55.3 Å². The first-order valence-corrected chi connectivity index (χ1v) is 12.2. The van der Waals surface area contributed by atoms with Gasteiger partial charge in [0.1, 0.15) is 11.6 Å². The Morgan fingerprint density at radius 2 is 1.47 bits per heavy atom. The lowest BCUT2D eigenvalue weighted by Crippen LogP contribution is -2.53. The summed E-state index contributed by atoms with van der Waals surface area (Å²) in [4.78, 5) is 43.3. The molecule has 0 atom stereocenters. The van der Waals surface area contributed by atoms with Crippen molar-refractivity contribution in [1.29, 1.82) is 0 Å². The molecule has 0 saturated carbocycles. The summed E-state index contributed by atoms with van der Waals surface area (Å²) in [5.41, 5.74) is 0.854. The van der Waals surface area contributed by atoms with Gasteiger partial charge < -0.3 is 15.5 Å². The number of amides is 3. The van der Waals surface area contributed by atoms with Gasteiger partial charge >= 0.3 is 0 Å². The second-order valence-electron chi connectivity index (χ2n) is 9.25. The summed E-state index contributed by atoms with van der Waals surface area (Å²) in [6, 6.07) is 11.3.